The largest absolute Gasteiger partial charge is 0.416 e. The summed E-state index contributed by atoms with van der Waals surface area (Å²) in [6, 6.07) is 6.95. The van der Waals surface area contributed by atoms with Crippen molar-refractivity contribution in [2.24, 2.45) is 0 Å². The molecule has 1 aliphatic carbocycles. The van der Waals surface area contributed by atoms with Crippen LogP contribution >= 0.6 is 0 Å². The number of carbonyl (C=O) groups is 1. The van der Waals surface area contributed by atoms with Gasteiger partial charge in [0, 0.05) is 31.8 Å². The summed E-state index contributed by atoms with van der Waals surface area (Å²) < 4.78 is 44.0. The number of methoxy groups -OCH3 is 1. The highest BCUT2D eigenvalue weighted by Gasteiger charge is 2.31. The molecule has 0 aliphatic heterocycles. The minimum absolute atomic E-state index is 0.0382. The standard InChI is InChI=1S/C23H26F3N5O2/c1-33-10-9-27-20-8-5-15(13-28-20)22(32)29-17-4-2-3-14(11-17)21-30-18-7-6-16(23(24,25)26)12-19(18)31-21/h5-8,12-14,17H,2-4,9-11H2,1H3,(H,27,28)(H,29,32)(H,30,31). The number of amides is 1. The number of nitrogens with zero attached hydrogens (tertiary/aromatic N) is 2. The lowest BCUT2D eigenvalue weighted by Crippen LogP contribution is -2.38. The van der Waals surface area contributed by atoms with Crippen molar-refractivity contribution in [1.82, 2.24) is 20.3 Å². The quantitative estimate of drug-likeness (QED) is 0.451. The van der Waals surface area contributed by atoms with E-state index in [1.807, 2.05) is 0 Å². The maximum atomic E-state index is 13.0. The summed E-state index contributed by atoms with van der Waals surface area (Å²) in [5.41, 5.74) is 0.649. The van der Waals surface area contributed by atoms with Crippen LogP contribution in [0.2, 0.25) is 0 Å². The number of hydrogen-bond donors (Lipinski definition) is 3. The molecule has 0 spiro atoms. The van der Waals surface area contributed by atoms with Crippen LogP contribution in [0.1, 0.15) is 53.3 Å². The van der Waals surface area contributed by atoms with Crippen molar-refractivity contribution in [1.29, 1.82) is 0 Å². The molecule has 33 heavy (non-hydrogen) atoms. The third kappa shape index (κ3) is 5.62. The lowest BCUT2D eigenvalue weighted by molar-refractivity contribution is -0.137. The van der Waals surface area contributed by atoms with Crippen LogP contribution in [-0.2, 0) is 10.9 Å². The van der Waals surface area contributed by atoms with Crippen molar-refractivity contribution in [3.8, 4) is 0 Å². The van der Waals surface area contributed by atoms with Gasteiger partial charge in [0.1, 0.15) is 11.6 Å². The molecule has 3 aromatic rings. The Morgan fingerprint density at radius 2 is 2.09 bits per heavy atom. The van der Waals surface area contributed by atoms with E-state index in [0.717, 1.165) is 31.4 Å². The molecule has 7 nitrogen and oxygen atoms in total. The fourth-order valence-corrected chi connectivity index (χ4v) is 4.15. The molecule has 0 radical (unpaired) electrons. The molecular weight excluding hydrogens is 435 g/mol. The average molecular weight is 461 g/mol. The van der Waals surface area contributed by atoms with E-state index in [9.17, 15) is 18.0 Å². The van der Waals surface area contributed by atoms with E-state index in [1.54, 1.807) is 19.2 Å². The van der Waals surface area contributed by atoms with Gasteiger partial charge in [0.15, 0.2) is 0 Å². The molecular formula is C23H26F3N5O2. The van der Waals surface area contributed by atoms with Crippen LogP contribution < -0.4 is 10.6 Å². The number of halogens is 3. The normalized spacial score (nSPS) is 18.9. The molecule has 4 rings (SSSR count). The number of benzene rings is 1. The Bertz CT molecular complexity index is 1100. The maximum Gasteiger partial charge on any atom is 0.416 e. The van der Waals surface area contributed by atoms with Crippen LogP contribution in [0.5, 0.6) is 0 Å². The predicted octanol–water partition coefficient (Wildman–Crippen LogP) is 4.49. The molecule has 2 atom stereocenters. The summed E-state index contributed by atoms with van der Waals surface area (Å²) in [7, 11) is 1.62. The Labute approximate surface area is 189 Å². The van der Waals surface area contributed by atoms with E-state index < -0.39 is 11.7 Å². The van der Waals surface area contributed by atoms with Crippen molar-refractivity contribution in [2.45, 2.75) is 43.8 Å². The Hall–Kier alpha value is -3.14. The molecule has 1 fully saturated rings. The zero-order valence-corrected chi connectivity index (χ0v) is 18.2. The van der Waals surface area contributed by atoms with E-state index in [2.05, 4.69) is 25.6 Å². The van der Waals surface area contributed by atoms with Crippen molar-refractivity contribution in [3.05, 3.63) is 53.5 Å². The van der Waals surface area contributed by atoms with E-state index in [0.29, 0.717) is 47.8 Å². The number of H-pyrrole nitrogens is 1. The number of ether oxygens (including phenoxy) is 1. The van der Waals surface area contributed by atoms with E-state index in [-0.39, 0.29) is 17.9 Å². The number of hydrogen-bond acceptors (Lipinski definition) is 5. The third-order valence-electron chi connectivity index (χ3n) is 5.86. The minimum Gasteiger partial charge on any atom is -0.383 e. The highest BCUT2D eigenvalue weighted by atomic mass is 19.4. The van der Waals surface area contributed by atoms with Gasteiger partial charge in [0.2, 0.25) is 0 Å². The van der Waals surface area contributed by atoms with E-state index >= 15 is 0 Å². The summed E-state index contributed by atoms with van der Waals surface area (Å²) in [6.45, 7) is 1.18. The summed E-state index contributed by atoms with van der Waals surface area (Å²) >= 11 is 0. The highest BCUT2D eigenvalue weighted by Crippen LogP contribution is 2.34. The van der Waals surface area contributed by atoms with Gasteiger partial charge in [-0.3, -0.25) is 4.79 Å². The van der Waals surface area contributed by atoms with Gasteiger partial charge < -0.3 is 20.4 Å². The second-order valence-corrected chi connectivity index (χ2v) is 8.24. The topological polar surface area (TPSA) is 91.9 Å². The van der Waals surface area contributed by atoms with Gasteiger partial charge in [0.25, 0.3) is 5.91 Å². The fraction of sp³-hybridized carbons (Fsp3) is 0.435. The number of nitrogens with one attached hydrogen (secondary N) is 3. The number of imidazole rings is 1. The third-order valence-corrected chi connectivity index (χ3v) is 5.86. The zero-order valence-electron chi connectivity index (χ0n) is 18.2. The molecule has 2 aromatic heterocycles. The SMILES string of the molecule is COCCNc1ccc(C(=O)NC2CCCC(c3nc4ccc(C(F)(F)F)cc4[nH]3)C2)cn1. The van der Waals surface area contributed by atoms with Gasteiger partial charge >= 0.3 is 6.18 Å². The number of aromatic amines is 1. The predicted molar refractivity (Wildman–Crippen MR) is 118 cm³/mol. The highest BCUT2D eigenvalue weighted by molar-refractivity contribution is 5.94. The lowest BCUT2D eigenvalue weighted by Gasteiger charge is -2.28. The monoisotopic (exact) mass is 461 g/mol. The lowest BCUT2D eigenvalue weighted by atomic mass is 9.85. The van der Waals surface area contributed by atoms with Gasteiger partial charge in [-0.25, -0.2) is 9.97 Å². The molecule has 2 heterocycles. The van der Waals surface area contributed by atoms with Gasteiger partial charge in [0.05, 0.1) is 28.8 Å². The summed E-state index contributed by atoms with van der Waals surface area (Å²) in [5, 5.41) is 6.16. The van der Waals surface area contributed by atoms with Crippen LogP contribution in [0, 0.1) is 0 Å². The minimum atomic E-state index is -4.40. The fourth-order valence-electron chi connectivity index (χ4n) is 4.15. The number of pyridine rings is 1. The molecule has 3 N–H and O–H groups in total. The Morgan fingerprint density at radius 3 is 2.82 bits per heavy atom. The van der Waals surface area contributed by atoms with Crippen molar-refractivity contribution >= 4 is 22.8 Å². The number of alkyl halides is 3. The Balaban J connectivity index is 1.39. The molecule has 0 bridgehead atoms. The van der Waals surface area contributed by atoms with Crippen LogP contribution in [-0.4, -0.2) is 47.2 Å². The maximum absolute atomic E-state index is 13.0. The smallest absolute Gasteiger partial charge is 0.383 e. The first-order chi connectivity index (χ1) is 15.8. The second kappa shape index (κ2) is 9.78. The van der Waals surface area contributed by atoms with Crippen LogP contribution in [0.25, 0.3) is 11.0 Å². The zero-order chi connectivity index (χ0) is 23.4. The van der Waals surface area contributed by atoms with Gasteiger partial charge in [-0.1, -0.05) is 6.42 Å². The molecule has 1 aromatic carbocycles. The first-order valence-electron chi connectivity index (χ1n) is 10.9. The first kappa shape index (κ1) is 23.0. The summed E-state index contributed by atoms with van der Waals surface area (Å²) in [4.78, 5) is 24.5. The molecule has 10 heteroatoms. The molecule has 176 valence electrons. The molecule has 2 unspecified atom stereocenters. The van der Waals surface area contributed by atoms with Crippen molar-refractivity contribution < 1.29 is 22.7 Å². The number of carbonyl (C=O) groups excluding carboxylic acids is 1. The van der Waals surface area contributed by atoms with Gasteiger partial charge in [-0.2, -0.15) is 13.2 Å². The number of aromatic nitrogens is 3. The molecule has 1 amide bonds. The van der Waals surface area contributed by atoms with Crippen molar-refractivity contribution in [2.75, 3.05) is 25.6 Å². The average Bonchev–Trinajstić information content (AvgIpc) is 3.23. The summed E-state index contributed by atoms with van der Waals surface area (Å²) in [5.74, 6) is 1.17. The molecule has 1 saturated carbocycles. The van der Waals surface area contributed by atoms with Crippen LogP contribution in [0.15, 0.2) is 36.5 Å². The Morgan fingerprint density at radius 1 is 1.24 bits per heavy atom. The molecule has 0 saturated heterocycles. The summed E-state index contributed by atoms with van der Waals surface area (Å²) in [6.07, 6.45) is 0.393. The Kier molecular flexibility index (Phi) is 6.83. The molecule has 1 aliphatic rings. The number of fused-ring (bicyclic) bond motifs is 1. The van der Waals surface area contributed by atoms with Crippen LogP contribution in [0.3, 0.4) is 0 Å². The van der Waals surface area contributed by atoms with Gasteiger partial charge in [-0.15, -0.1) is 0 Å². The van der Waals surface area contributed by atoms with Crippen molar-refractivity contribution in [3.63, 3.8) is 0 Å². The van der Waals surface area contributed by atoms with Gasteiger partial charge in [-0.05, 0) is 49.6 Å². The number of anilines is 1. The van der Waals surface area contributed by atoms with Crippen LogP contribution in [0.4, 0.5) is 19.0 Å². The van der Waals surface area contributed by atoms with E-state index in [1.165, 1.54) is 12.3 Å². The number of rotatable bonds is 7. The second-order valence-electron chi connectivity index (χ2n) is 8.24. The van der Waals surface area contributed by atoms with E-state index in [4.69, 9.17) is 4.74 Å². The first-order valence-corrected chi connectivity index (χ1v) is 10.9.